The minimum atomic E-state index is -0.338. The van der Waals surface area contributed by atoms with Gasteiger partial charge in [0.05, 0.1) is 19.8 Å². The zero-order chi connectivity index (χ0) is 23.4. The van der Waals surface area contributed by atoms with Gasteiger partial charge in [0, 0.05) is 29.4 Å². The summed E-state index contributed by atoms with van der Waals surface area (Å²) >= 11 is 1.69. The summed E-state index contributed by atoms with van der Waals surface area (Å²) in [6, 6.07) is 0. The summed E-state index contributed by atoms with van der Waals surface area (Å²) in [6.45, 7) is 2.31. The van der Waals surface area contributed by atoms with Crippen molar-refractivity contribution in [1.29, 1.82) is 0 Å². The molecule has 2 N–H and O–H groups in total. The van der Waals surface area contributed by atoms with Crippen LogP contribution in [0.2, 0.25) is 0 Å². The SMILES string of the molecule is CCCC1([C@H](O)C/C=C/[C@H]2[C@H](SCCO)CC(=O)[C@@H]2CCCC/C=C/C(=O)OC)CCC1. The Bertz CT molecular complexity index is 640. The number of thioether (sulfide) groups is 1. The molecule has 0 spiro atoms. The first-order chi connectivity index (χ1) is 15.5. The van der Waals surface area contributed by atoms with Gasteiger partial charge in [0.25, 0.3) is 0 Å². The highest BCUT2D eigenvalue weighted by Crippen LogP contribution is 2.49. The number of unbranched alkanes of at least 4 members (excludes halogenated alkanes) is 2. The predicted octanol–water partition coefficient (Wildman–Crippen LogP) is 4.85. The smallest absolute Gasteiger partial charge is 0.330 e. The van der Waals surface area contributed by atoms with Gasteiger partial charge in [-0.2, -0.15) is 11.8 Å². The minimum absolute atomic E-state index is 0.0116. The van der Waals surface area contributed by atoms with Crippen LogP contribution in [-0.4, -0.2) is 52.8 Å². The molecule has 0 radical (unpaired) electrons. The van der Waals surface area contributed by atoms with Crippen LogP contribution in [0.1, 0.15) is 77.6 Å². The molecule has 0 amide bonds. The van der Waals surface area contributed by atoms with Gasteiger partial charge in [-0.05, 0) is 56.3 Å². The molecule has 2 saturated carbocycles. The molecule has 2 aliphatic carbocycles. The number of esters is 1. The third kappa shape index (κ3) is 7.74. The Morgan fingerprint density at radius 1 is 1.31 bits per heavy atom. The summed E-state index contributed by atoms with van der Waals surface area (Å²) < 4.78 is 4.59. The summed E-state index contributed by atoms with van der Waals surface area (Å²) in [4.78, 5) is 23.9. The average Bonchev–Trinajstić information content (AvgIpc) is 3.05. The number of ether oxygens (including phenoxy) is 1. The van der Waals surface area contributed by atoms with Crippen LogP contribution in [0.4, 0.5) is 0 Å². The number of aliphatic hydroxyl groups is 2. The van der Waals surface area contributed by atoms with E-state index in [4.69, 9.17) is 0 Å². The van der Waals surface area contributed by atoms with Crippen LogP contribution in [-0.2, 0) is 14.3 Å². The first-order valence-corrected chi connectivity index (χ1v) is 13.4. The molecular formula is C26H42O5S. The average molecular weight is 467 g/mol. The number of rotatable bonds is 15. The van der Waals surface area contributed by atoms with Crippen LogP contribution in [0.15, 0.2) is 24.3 Å². The van der Waals surface area contributed by atoms with Crippen molar-refractivity contribution < 1.29 is 24.5 Å². The third-order valence-corrected chi connectivity index (χ3v) is 8.57. The molecular weight excluding hydrogens is 424 g/mol. The molecule has 0 unspecified atom stereocenters. The Kier molecular flexibility index (Phi) is 12.1. The molecule has 0 aliphatic heterocycles. The number of methoxy groups -OCH3 is 1. The number of aliphatic hydroxyl groups excluding tert-OH is 2. The van der Waals surface area contributed by atoms with Gasteiger partial charge >= 0.3 is 5.97 Å². The fourth-order valence-corrected chi connectivity index (χ4v) is 6.51. The fraction of sp³-hybridized carbons (Fsp3) is 0.769. The largest absolute Gasteiger partial charge is 0.466 e. The number of allylic oxidation sites excluding steroid dienone is 2. The number of Topliss-reactive ketones (excluding diaryl/α,β-unsaturated/α-hetero) is 1. The van der Waals surface area contributed by atoms with E-state index in [0.29, 0.717) is 24.4 Å². The monoisotopic (exact) mass is 466 g/mol. The Hall–Kier alpha value is -1.11. The van der Waals surface area contributed by atoms with Crippen molar-refractivity contribution in [3.63, 3.8) is 0 Å². The molecule has 2 fully saturated rings. The fourth-order valence-electron chi connectivity index (χ4n) is 5.31. The highest BCUT2D eigenvalue weighted by atomic mass is 32.2. The third-order valence-electron chi connectivity index (χ3n) is 7.25. The number of hydrogen-bond acceptors (Lipinski definition) is 6. The maximum absolute atomic E-state index is 12.8. The molecule has 0 heterocycles. The zero-order valence-electron chi connectivity index (χ0n) is 19.8. The lowest BCUT2D eigenvalue weighted by molar-refractivity contribution is -0.134. The first kappa shape index (κ1) is 27.1. The Morgan fingerprint density at radius 3 is 2.72 bits per heavy atom. The van der Waals surface area contributed by atoms with E-state index >= 15 is 0 Å². The molecule has 2 aliphatic rings. The van der Waals surface area contributed by atoms with Gasteiger partial charge in [-0.15, -0.1) is 0 Å². The summed E-state index contributed by atoms with van der Waals surface area (Å²) in [6.07, 6.45) is 17.7. The lowest BCUT2D eigenvalue weighted by Gasteiger charge is -2.45. The van der Waals surface area contributed by atoms with E-state index in [2.05, 4.69) is 23.8 Å². The van der Waals surface area contributed by atoms with Crippen molar-refractivity contribution in [2.45, 2.75) is 88.9 Å². The Morgan fingerprint density at radius 2 is 2.09 bits per heavy atom. The van der Waals surface area contributed by atoms with Crippen molar-refractivity contribution in [1.82, 2.24) is 0 Å². The van der Waals surface area contributed by atoms with Crippen LogP contribution in [0.3, 0.4) is 0 Å². The van der Waals surface area contributed by atoms with Gasteiger partial charge < -0.3 is 14.9 Å². The molecule has 2 rings (SSSR count). The molecule has 0 bridgehead atoms. The standard InChI is InChI=1S/C26H42O5S/c1-3-14-26(15-9-16-26)24(29)12-8-11-21-20(22(28)19-23(21)32-18-17-27)10-6-4-5-7-13-25(30)31-2/h7-8,11,13,20-21,23-24,27,29H,3-6,9-10,12,14-19H2,1-2H3/b11-8+,13-7+/t20-,21-,23-,24-/m1/s1. The van der Waals surface area contributed by atoms with E-state index in [-0.39, 0.29) is 41.2 Å². The number of ketones is 1. The summed E-state index contributed by atoms with van der Waals surface area (Å²) in [5.41, 5.74) is 0.104. The van der Waals surface area contributed by atoms with E-state index in [1.165, 1.54) is 19.6 Å². The van der Waals surface area contributed by atoms with E-state index < -0.39 is 0 Å². The highest BCUT2D eigenvalue weighted by Gasteiger charge is 2.42. The van der Waals surface area contributed by atoms with Crippen LogP contribution in [0.5, 0.6) is 0 Å². The quantitative estimate of drug-likeness (QED) is 0.155. The first-order valence-electron chi connectivity index (χ1n) is 12.3. The number of carbonyl (C=O) groups is 2. The molecule has 182 valence electrons. The lowest BCUT2D eigenvalue weighted by Crippen LogP contribution is -2.41. The molecule has 6 heteroatoms. The van der Waals surface area contributed by atoms with Gasteiger partial charge in [-0.1, -0.05) is 44.4 Å². The van der Waals surface area contributed by atoms with Crippen LogP contribution in [0.25, 0.3) is 0 Å². The maximum Gasteiger partial charge on any atom is 0.330 e. The second kappa shape index (κ2) is 14.2. The summed E-state index contributed by atoms with van der Waals surface area (Å²) in [5.74, 6) is 0.810. The number of hydrogen-bond donors (Lipinski definition) is 2. The van der Waals surface area contributed by atoms with Gasteiger partial charge in [-0.3, -0.25) is 4.79 Å². The highest BCUT2D eigenvalue weighted by molar-refractivity contribution is 8.00. The van der Waals surface area contributed by atoms with Crippen molar-refractivity contribution in [3.8, 4) is 0 Å². The maximum atomic E-state index is 12.8. The van der Waals surface area contributed by atoms with Crippen LogP contribution >= 0.6 is 11.8 Å². The molecule has 0 saturated heterocycles. The minimum Gasteiger partial charge on any atom is -0.466 e. The molecule has 4 atom stereocenters. The van der Waals surface area contributed by atoms with Crippen molar-refractivity contribution in [2.24, 2.45) is 17.3 Å². The van der Waals surface area contributed by atoms with Gasteiger partial charge in [-0.25, -0.2) is 4.79 Å². The van der Waals surface area contributed by atoms with Crippen LogP contribution < -0.4 is 0 Å². The summed E-state index contributed by atoms with van der Waals surface area (Å²) in [5, 5.41) is 20.3. The van der Waals surface area contributed by atoms with Gasteiger partial charge in [0.1, 0.15) is 5.78 Å². The lowest BCUT2D eigenvalue weighted by atomic mass is 9.62. The predicted molar refractivity (Wildman–Crippen MR) is 131 cm³/mol. The Balaban J connectivity index is 1.92. The van der Waals surface area contributed by atoms with Gasteiger partial charge in [0.15, 0.2) is 0 Å². The topological polar surface area (TPSA) is 83.8 Å². The van der Waals surface area contributed by atoms with Crippen molar-refractivity contribution >= 4 is 23.5 Å². The second-order valence-electron chi connectivity index (χ2n) is 9.34. The van der Waals surface area contributed by atoms with E-state index in [1.54, 1.807) is 11.8 Å². The molecule has 0 aromatic heterocycles. The van der Waals surface area contributed by atoms with Gasteiger partial charge in [0.2, 0.25) is 0 Å². The zero-order valence-corrected chi connectivity index (χ0v) is 20.7. The second-order valence-corrected chi connectivity index (χ2v) is 10.7. The molecule has 32 heavy (non-hydrogen) atoms. The van der Waals surface area contributed by atoms with Crippen LogP contribution in [0, 0.1) is 17.3 Å². The molecule has 5 nitrogen and oxygen atoms in total. The Labute approximate surface area is 198 Å². The normalized spacial score (nSPS) is 26.0. The summed E-state index contributed by atoms with van der Waals surface area (Å²) in [7, 11) is 1.37. The molecule has 0 aromatic carbocycles. The van der Waals surface area contributed by atoms with E-state index in [1.807, 2.05) is 6.08 Å². The number of carbonyl (C=O) groups excluding carboxylic acids is 2. The molecule has 0 aromatic rings. The van der Waals surface area contributed by atoms with Crippen molar-refractivity contribution in [3.05, 3.63) is 24.3 Å². The van der Waals surface area contributed by atoms with E-state index in [0.717, 1.165) is 51.4 Å². The van der Waals surface area contributed by atoms with E-state index in [9.17, 15) is 19.8 Å². The van der Waals surface area contributed by atoms with Crippen molar-refractivity contribution in [2.75, 3.05) is 19.5 Å².